The molecule has 42 heavy (non-hydrogen) atoms. The Morgan fingerprint density at radius 3 is 2.19 bits per heavy atom. The molecule has 4 rings (SSSR count). The number of amides is 3. The van der Waals surface area contributed by atoms with Crippen molar-refractivity contribution in [2.24, 2.45) is 5.73 Å². The third-order valence-corrected chi connectivity index (χ3v) is 7.16. The van der Waals surface area contributed by atoms with Crippen molar-refractivity contribution in [3.63, 3.8) is 0 Å². The molecule has 1 saturated carbocycles. The number of hydrogen-bond donors (Lipinski definition) is 3. The van der Waals surface area contributed by atoms with Gasteiger partial charge in [0.2, 0.25) is 11.8 Å². The molecule has 0 unspecified atom stereocenters. The Morgan fingerprint density at radius 2 is 1.57 bits per heavy atom. The summed E-state index contributed by atoms with van der Waals surface area (Å²) in [5, 5.41) is 6.08. The largest absolute Gasteiger partial charge is 0.416 e. The van der Waals surface area contributed by atoms with Crippen LogP contribution in [-0.2, 0) is 17.5 Å². The van der Waals surface area contributed by atoms with Gasteiger partial charge in [-0.1, -0.05) is 60.8 Å². The smallest absolute Gasteiger partial charge is 0.366 e. The normalized spacial score (nSPS) is 16.6. The van der Waals surface area contributed by atoms with E-state index in [4.69, 9.17) is 17.3 Å². The number of rotatable bonds is 8. The molecular weight excluding hydrogens is 569 g/mol. The highest BCUT2D eigenvalue weighted by molar-refractivity contribution is 6.30. The second-order valence-electron chi connectivity index (χ2n) is 10.1. The van der Waals surface area contributed by atoms with Crippen LogP contribution in [-0.4, -0.2) is 48.3 Å². The summed E-state index contributed by atoms with van der Waals surface area (Å²) >= 11 is 5.96. The van der Waals surface area contributed by atoms with E-state index in [0.717, 1.165) is 43.4 Å². The molecule has 0 aliphatic heterocycles. The minimum atomic E-state index is -4.54. The summed E-state index contributed by atoms with van der Waals surface area (Å²) in [6.07, 6.45) is -0.725. The molecule has 0 heterocycles. The van der Waals surface area contributed by atoms with E-state index in [1.165, 1.54) is 12.1 Å². The number of nitrogens with one attached hydrogen (secondary N) is 2. The monoisotopic (exact) mass is 602 g/mol. The van der Waals surface area contributed by atoms with Crippen molar-refractivity contribution in [3.8, 4) is 0 Å². The third kappa shape index (κ3) is 10.2. The summed E-state index contributed by atoms with van der Waals surface area (Å²) < 4.78 is 38.6. The maximum Gasteiger partial charge on any atom is 0.416 e. The first kappa shape index (κ1) is 32.6. The van der Waals surface area contributed by atoms with Gasteiger partial charge in [0.05, 0.1) is 12.1 Å². The number of nitrogens with zero attached hydrogens (tertiary/aromatic N) is 1. The molecule has 2 atom stereocenters. The Bertz CT molecular complexity index is 1340. The number of alkyl halides is 3. The zero-order chi connectivity index (χ0) is 30.7. The first-order valence-corrected chi connectivity index (χ1v) is 13.9. The van der Waals surface area contributed by atoms with Crippen molar-refractivity contribution in [1.29, 1.82) is 0 Å². The molecule has 3 aromatic carbocycles. The van der Waals surface area contributed by atoms with Gasteiger partial charge in [-0.05, 0) is 67.9 Å². The number of nitrogens with two attached hydrogens (primary N) is 1. The molecule has 1 aliphatic rings. The van der Waals surface area contributed by atoms with E-state index in [9.17, 15) is 27.6 Å². The lowest BCUT2D eigenvalue weighted by Gasteiger charge is -2.38. The van der Waals surface area contributed by atoms with Gasteiger partial charge in [-0.3, -0.25) is 19.3 Å². The van der Waals surface area contributed by atoms with Crippen molar-refractivity contribution < 1.29 is 27.6 Å². The fourth-order valence-corrected chi connectivity index (χ4v) is 4.89. The Labute approximate surface area is 248 Å². The van der Waals surface area contributed by atoms with Gasteiger partial charge in [0, 0.05) is 34.8 Å². The second-order valence-corrected chi connectivity index (χ2v) is 10.5. The number of carbonyl (C=O) groups excluding carboxylic acids is 3. The average Bonchev–Trinajstić information content (AvgIpc) is 2.97. The lowest BCUT2D eigenvalue weighted by molar-refractivity contribution is -0.137. The molecule has 1 fully saturated rings. The topological polar surface area (TPSA) is 105 Å². The summed E-state index contributed by atoms with van der Waals surface area (Å²) in [6, 6.07) is 20.6. The molecule has 4 N–H and O–H groups in total. The Hall–Kier alpha value is -3.89. The van der Waals surface area contributed by atoms with Crippen molar-refractivity contribution in [2.45, 2.75) is 50.5 Å². The van der Waals surface area contributed by atoms with Gasteiger partial charge in [0.25, 0.3) is 5.91 Å². The van der Waals surface area contributed by atoms with Crippen LogP contribution >= 0.6 is 11.6 Å². The third-order valence-electron chi connectivity index (χ3n) is 6.91. The van der Waals surface area contributed by atoms with Gasteiger partial charge in [-0.15, -0.1) is 0 Å². The summed E-state index contributed by atoms with van der Waals surface area (Å²) in [5.74, 6) is -1.47. The van der Waals surface area contributed by atoms with E-state index < -0.39 is 17.6 Å². The van der Waals surface area contributed by atoms with Crippen LogP contribution in [0.1, 0.15) is 57.5 Å². The van der Waals surface area contributed by atoms with Gasteiger partial charge in [-0.2, -0.15) is 13.2 Å². The first-order chi connectivity index (χ1) is 19.9. The molecular formula is C31H34ClF3N4O3. The molecule has 0 aromatic heterocycles. The van der Waals surface area contributed by atoms with Crippen molar-refractivity contribution in [2.75, 3.05) is 13.6 Å². The molecule has 224 valence electrons. The van der Waals surface area contributed by atoms with Crippen LogP contribution < -0.4 is 16.4 Å². The summed E-state index contributed by atoms with van der Waals surface area (Å²) in [5.41, 5.74) is 5.59. The van der Waals surface area contributed by atoms with E-state index in [1.54, 1.807) is 24.3 Å². The zero-order valence-electron chi connectivity index (χ0n) is 23.2. The molecule has 0 saturated heterocycles. The first-order valence-electron chi connectivity index (χ1n) is 13.5. The average molecular weight is 603 g/mol. The fourth-order valence-electron chi connectivity index (χ4n) is 4.76. The SMILES string of the molecule is CN(Cc1ccc(Cl)cc1)[C@H]1CCCC[C@@H]1NC(=O)CNC(=O)c1cccc(C(F)(F)F)c1.NC(=O)c1ccccc1. The molecule has 0 spiro atoms. The van der Waals surface area contributed by atoms with Gasteiger partial charge in [-0.25, -0.2) is 0 Å². The van der Waals surface area contributed by atoms with Crippen LogP contribution in [0.4, 0.5) is 13.2 Å². The van der Waals surface area contributed by atoms with Crippen LogP contribution in [0, 0.1) is 0 Å². The van der Waals surface area contributed by atoms with E-state index in [0.29, 0.717) is 17.1 Å². The van der Waals surface area contributed by atoms with E-state index in [1.807, 2.05) is 37.4 Å². The van der Waals surface area contributed by atoms with E-state index >= 15 is 0 Å². The van der Waals surface area contributed by atoms with E-state index in [-0.39, 0.29) is 36.0 Å². The van der Waals surface area contributed by atoms with Crippen LogP contribution in [0.3, 0.4) is 0 Å². The lowest BCUT2D eigenvalue weighted by atomic mass is 9.89. The Kier molecular flexibility index (Phi) is 11.9. The van der Waals surface area contributed by atoms with Crippen molar-refractivity contribution in [3.05, 3.63) is 106 Å². The number of carbonyl (C=O) groups is 3. The zero-order valence-corrected chi connectivity index (χ0v) is 23.9. The number of halogens is 4. The highest BCUT2D eigenvalue weighted by Gasteiger charge is 2.31. The second kappa shape index (κ2) is 15.4. The predicted octanol–water partition coefficient (Wildman–Crippen LogP) is 5.43. The van der Waals surface area contributed by atoms with Gasteiger partial charge in [0.15, 0.2) is 0 Å². The lowest BCUT2D eigenvalue weighted by Crippen LogP contribution is -2.53. The number of hydrogen-bond acceptors (Lipinski definition) is 4. The number of primary amides is 1. The molecule has 11 heteroatoms. The summed E-state index contributed by atoms with van der Waals surface area (Å²) in [7, 11) is 2.01. The minimum absolute atomic E-state index is 0.0750. The molecule has 7 nitrogen and oxygen atoms in total. The maximum atomic E-state index is 12.9. The molecule has 3 aromatic rings. The predicted molar refractivity (Wildman–Crippen MR) is 156 cm³/mol. The van der Waals surface area contributed by atoms with Crippen LogP contribution in [0.2, 0.25) is 5.02 Å². The summed E-state index contributed by atoms with van der Waals surface area (Å²) in [6.45, 7) is 0.402. The highest BCUT2D eigenvalue weighted by Crippen LogP contribution is 2.29. The number of likely N-dealkylation sites (N-methyl/N-ethyl adjacent to an activating group) is 1. The van der Waals surface area contributed by atoms with Crippen LogP contribution in [0.15, 0.2) is 78.9 Å². The molecule has 3 amide bonds. The molecule has 1 aliphatic carbocycles. The highest BCUT2D eigenvalue weighted by atomic mass is 35.5. The van der Waals surface area contributed by atoms with Gasteiger partial charge in [0.1, 0.15) is 0 Å². The van der Waals surface area contributed by atoms with Crippen LogP contribution in [0.25, 0.3) is 0 Å². The fraction of sp³-hybridized carbons (Fsp3) is 0.323. The maximum absolute atomic E-state index is 12.9. The Morgan fingerprint density at radius 1 is 0.929 bits per heavy atom. The molecule has 0 radical (unpaired) electrons. The van der Waals surface area contributed by atoms with E-state index in [2.05, 4.69) is 15.5 Å². The van der Waals surface area contributed by atoms with Gasteiger partial charge >= 0.3 is 6.18 Å². The number of benzene rings is 3. The summed E-state index contributed by atoms with van der Waals surface area (Å²) in [4.78, 5) is 37.4. The van der Waals surface area contributed by atoms with Crippen molar-refractivity contribution in [1.82, 2.24) is 15.5 Å². The van der Waals surface area contributed by atoms with Crippen LogP contribution in [0.5, 0.6) is 0 Å². The Balaban J connectivity index is 0.000000458. The standard InChI is InChI=1S/C24H27ClF3N3O2.C7H7NO/c1-31(15-16-9-11-19(25)12-10-16)21-8-3-2-7-20(21)30-22(32)14-29-23(33)17-5-4-6-18(13-17)24(26,27)28;8-7(9)6-4-2-1-3-5-6/h4-6,9-13,20-21H,2-3,7-8,14-15H2,1H3,(H,29,33)(H,30,32);1-5H,(H2,8,9)/t20-,21-;/m0./s1. The van der Waals surface area contributed by atoms with Crippen molar-refractivity contribution >= 4 is 29.3 Å². The quantitative estimate of drug-likeness (QED) is 0.320. The molecule has 0 bridgehead atoms. The minimum Gasteiger partial charge on any atom is -0.366 e. The van der Waals surface area contributed by atoms with Gasteiger partial charge < -0.3 is 16.4 Å².